The molecule has 1 fully saturated rings. The number of hydrogen-bond donors (Lipinski definition) is 2. The van der Waals surface area contributed by atoms with Crippen LogP contribution in [0, 0.1) is 30.6 Å². The summed E-state index contributed by atoms with van der Waals surface area (Å²) in [6.45, 7) is 16.5. The molecule has 0 spiro atoms. The SMILES string of the molecule is COCCCOc1cc(C)ccc1NC(=O)C[C@@H](C[C@H](NC(=O)OC(C)(C)C)[C@H]1C[C@@H](C(C)C)C(=O)O1)C(C)C. The Labute approximate surface area is 240 Å². The number of carbonyl (C=O) groups excluding carboxylic acids is 3. The molecule has 1 aromatic carbocycles. The van der Waals surface area contributed by atoms with E-state index in [1.54, 1.807) is 27.9 Å². The van der Waals surface area contributed by atoms with Crippen LogP contribution < -0.4 is 15.4 Å². The zero-order valence-corrected chi connectivity index (χ0v) is 25.8. The number of ether oxygens (including phenoxy) is 4. The first-order valence-corrected chi connectivity index (χ1v) is 14.4. The molecule has 2 N–H and O–H groups in total. The summed E-state index contributed by atoms with van der Waals surface area (Å²) in [5.41, 5.74) is 0.973. The van der Waals surface area contributed by atoms with Crippen molar-refractivity contribution < 1.29 is 33.3 Å². The standard InChI is InChI=1S/C31H50N2O7/c1-19(2)22(17-28(34)32-24-12-11-21(5)15-26(24)38-14-10-13-37-9)16-25(33-30(36)40-31(6,7)8)27-18-23(20(3)4)29(35)39-27/h11-12,15,19-20,22-23,25,27H,10,13-14,16-18H2,1-9H3,(H,32,34)(H,33,36)/t22-,23+,25+,27-/m1/s1. The summed E-state index contributed by atoms with van der Waals surface area (Å²) in [6, 6.07) is 5.20. The molecule has 2 rings (SSSR count). The second-order valence-corrected chi connectivity index (χ2v) is 12.5. The Morgan fingerprint density at radius 1 is 1.12 bits per heavy atom. The number of amides is 2. The van der Waals surface area contributed by atoms with Crippen molar-refractivity contribution in [2.45, 2.75) is 98.8 Å². The van der Waals surface area contributed by atoms with Crippen molar-refractivity contribution in [3.05, 3.63) is 23.8 Å². The second-order valence-electron chi connectivity index (χ2n) is 12.5. The van der Waals surface area contributed by atoms with Gasteiger partial charge in [0.15, 0.2) is 0 Å². The number of carbonyl (C=O) groups is 3. The lowest BCUT2D eigenvalue weighted by Crippen LogP contribution is -2.47. The van der Waals surface area contributed by atoms with Crippen molar-refractivity contribution in [1.82, 2.24) is 5.32 Å². The molecular formula is C31H50N2O7. The van der Waals surface area contributed by atoms with Crippen molar-refractivity contribution in [3.63, 3.8) is 0 Å². The lowest BCUT2D eigenvalue weighted by molar-refractivity contribution is -0.146. The molecule has 4 atom stereocenters. The summed E-state index contributed by atoms with van der Waals surface area (Å²) >= 11 is 0. The number of methoxy groups -OCH3 is 1. The highest BCUT2D eigenvalue weighted by Crippen LogP contribution is 2.33. The van der Waals surface area contributed by atoms with Crippen LogP contribution in [0.2, 0.25) is 0 Å². The first kappa shape index (κ1) is 33.4. The van der Waals surface area contributed by atoms with E-state index in [1.807, 2.05) is 39.0 Å². The summed E-state index contributed by atoms with van der Waals surface area (Å²) < 4.78 is 22.3. The van der Waals surface area contributed by atoms with Crippen molar-refractivity contribution in [2.75, 3.05) is 25.6 Å². The minimum Gasteiger partial charge on any atom is -0.491 e. The molecule has 2 amide bonds. The zero-order valence-electron chi connectivity index (χ0n) is 25.8. The molecule has 0 aliphatic carbocycles. The lowest BCUT2D eigenvalue weighted by atomic mass is 9.83. The van der Waals surface area contributed by atoms with E-state index in [0.29, 0.717) is 37.5 Å². The molecule has 0 radical (unpaired) electrons. The van der Waals surface area contributed by atoms with Crippen LogP contribution >= 0.6 is 0 Å². The van der Waals surface area contributed by atoms with E-state index in [2.05, 4.69) is 24.5 Å². The van der Waals surface area contributed by atoms with Gasteiger partial charge in [0, 0.05) is 26.6 Å². The van der Waals surface area contributed by atoms with Gasteiger partial charge in [-0.15, -0.1) is 0 Å². The van der Waals surface area contributed by atoms with Gasteiger partial charge in [-0.25, -0.2) is 4.79 Å². The maximum Gasteiger partial charge on any atom is 0.408 e. The van der Waals surface area contributed by atoms with Gasteiger partial charge in [0.2, 0.25) is 5.91 Å². The minimum atomic E-state index is -0.670. The van der Waals surface area contributed by atoms with Gasteiger partial charge >= 0.3 is 12.1 Å². The highest BCUT2D eigenvalue weighted by atomic mass is 16.6. The van der Waals surface area contributed by atoms with Crippen LogP contribution in [0.25, 0.3) is 0 Å². The minimum absolute atomic E-state index is 0.0896. The number of cyclic esters (lactones) is 1. The molecule has 9 heteroatoms. The lowest BCUT2D eigenvalue weighted by Gasteiger charge is -2.31. The highest BCUT2D eigenvalue weighted by molar-refractivity contribution is 5.92. The van der Waals surface area contributed by atoms with Gasteiger partial charge in [0.1, 0.15) is 17.5 Å². The van der Waals surface area contributed by atoms with Crippen LogP contribution in [0.4, 0.5) is 10.5 Å². The number of rotatable bonds is 14. The average Bonchev–Trinajstić information content (AvgIpc) is 3.23. The van der Waals surface area contributed by atoms with Crippen LogP contribution in [0.3, 0.4) is 0 Å². The Hall–Kier alpha value is -2.81. The predicted octanol–water partition coefficient (Wildman–Crippen LogP) is 5.88. The van der Waals surface area contributed by atoms with Crippen LogP contribution in [0.5, 0.6) is 5.75 Å². The molecule has 0 aromatic heterocycles. The summed E-state index contributed by atoms with van der Waals surface area (Å²) in [5.74, 6) is 0.177. The van der Waals surface area contributed by atoms with Crippen LogP contribution in [0.1, 0.15) is 79.7 Å². The third-order valence-corrected chi connectivity index (χ3v) is 7.12. The van der Waals surface area contributed by atoms with Gasteiger partial charge in [0.25, 0.3) is 0 Å². The molecule has 1 saturated heterocycles. The van der Waals surface area contributed by atoms with E-state index in [1.165, 1.54) is 0 Å². The quantitative estimate of drug-likeness (QED) is 0.215. The van der Waals surface area contributed by atoms with E-state index in [4.69, 9.17) is 18.9 Å². The molecule has 0 saturated carbocycles. The molecule has 0 unspecified atom stereocenters. The molecule has 1 heterocycles. The van der Waals surface area contributed by atoms with Crippen LogP contribution in [-0.4, -0.2) is 56.0 Å². The Bertz CT molecular complexity index is 986. The fourth-order valence-corrected chi connectivity index (χ4v) is 4.78. The van der Waals surface area contributed by atoms with Gasteiger partial charge in [-0.05, 0) is 76.0 Å². The average molecular weight is 563 g/mol. The zero-order chi connectivity index (χ0) is 30.0. The fraction of sp³-hybridized carbons (Fsp3) is 0.710. The number of nitrogens with one attached hydrogen (secondary N) is 2. The number of esters is 1. The number of alkyl carbamates (subject to hydrolysis) is 1. The van der Waals surface area contributed by atoms with E-state index in [0.717, 1.165) is 12.0 Å². The second kappa shape index (κ2) is 15.3. The molecule has 1 aliphatic rings. The largest absolute Gasteiger partial charge is 0.491 e. The van der Waals surface area contributed by atoms with E-state index in [-0.39, 0.29) is 42.0 Å². The number of anilines is 1. The van der Waals surface area contributed by atoms with Crippen LogP contribution in [-0.2, 0) is 23.8 Å². The van der Waals surface area contributed by atoms with E-state index < -0.39 is 23.8 Å². The van der Waals surface area contributed by atoms with Gasteiger partial charge in [-0.3, -0.25) is 9.59 Å². The van der Waals surface area contributed by atoms with Gasteiger partial charge in [-0.1, -0.05) is 33.8 Å². The monoisotopic (exact) mass is 562 g/mol. The maximum atomic E-state index is 13.3. The number of aryl methyl sites for hydroxylation is 1. The highest BCUT2D eigenvalue weighted by Gasteiger charge is 2.42. The molecular weight excluding hydrogens is 512 g/mol. The third-order valence-electron chi connectivity index (χ3n) is 7.12. The Morgan fingerprint density at radius 2 is 1.82 bits per heavy atom. The van der Waals surface area contributed by atoms with E-state index >= 15 is 0 Å². The Kier molecular flexibility index (Phi) is 12.7. The summed E-state index contributed by atoms with van der Waals surface area (Å²) in [6.07, 6.45) is 0.894. The fourth-order valence-electron chi connectivity index (χ4n) is 4.78. The summed E-state index contributed by atoms with van der Waals surface area (Å²) in [5, 5.41) is 5.97. The first-order valence-electron chi connectivity index (χ1n) is 14.4. The topological polar surface area (TPSA) is 112 Å². The van der Waals surface area contributed by atoms with Gasteiger partial charge in [-0.2, -0.15) is 0 Å². The number of hydrogen-bond acceptors (Lipinski definition) is 7. The van der Waals surface area contributed by atoms with Crippen LogP contribution in [0.15, 0.2) is 18.2 Å². The maximum absolute atomic E-state index is 13.3. The van der Waals surface area contributed by atoms with Gasteiger partial charge in [0.05, 0.1) is 24.3 Å². The molecule has 1 aliphatic heterocycles. The van der Waals surface area contributed by atoms with Crippen molar-refractivity contribution in [1.29, 1.82) is 0 Å². The summed E-state index contributed by atoms with van der Waals surface area (Å²) in [4.78, 5) is 38.6. The molecule has 1 aromatic rings. The predicted molar refractivity (Wildman–Crippen MR) is 155 cm³/mol. The van der Waals surface area contributed by atoms with E-state index in [9.17, 15) is 14.4 Å². The Balaban J connectivity index is 2.17. The van der Waals surface area contributed by atoms with Crippen molar-refractivity contribution >= 4 is 23.7 Å². The van der Waals surface area contributed by atoms with Crippen molar-refractivity contribution in [3.8, 4) is 5.75 Å². The third kappa shape index (κ3) is 11.0. The first-order chi connectivity index (χ1) is 18.7. The molecule has 226 valence electrons. The molecule has 40 heavy (non-hydrogen) atoms. The molecule has 0 bridgehead atoms. The smallest absolute Gasteiger partial charge is 0.408 e. The number of benzene rings is 1. The molecule has 9 nitrogen and oxygen atoms in total. The summed E-state index contributed by atoms with van der Waals surface area (Å²) in [7, 11) is 1.65. The Morgan fingerprint density at radius 3 is 2.40 bits per heavy atom. The van der Waals surface area contributed by atoms with Crippen molar-refractivity contribution in [2.24, 2.45) is 23.7 Å². The van der Waals surface area contributed by atoms with Gasteiger partial charge < -0.3 is 29.6 Å². The normalized spacial score (nSPS) is 18.8.